The number of likely N-dealkylation sites (tertiary alicyclic amines) is 1. The van der Waals surface area contributed by atoms with Gasteiger partial charge in [-0.25, -0.2) is 4.79 Å². The first-order valence-corrected chi connectivity index (χ1v) is 7.01. The van der Waals surface area contributed by atoms with Gasteiger partial charge in [-0.1, -0.05) is 0 Å². The summed E-state index contributed by atoms with van der Waals surface area (Å²) in [5.74, 6) is -0.805. The molecule has 0 spiro atoms. The molecule has 2 rings (SSSR count). The van der Waals surface area contributed by atoms with E-state index in [1.807, 2.05) is 0 Å². The maximum absolute atomic E-state index is 11.6. The molecule has 2 aliphatic rings. The topological polar surface area (TPSA) is 87.7 Å². The van der Waals surface area contributed by atoms with Crippen LogP contribution >= 0.6 is 0 Å². The van der Waals surface area contributed by atoms with Gasteiger partial charge in [-0.15, -0.1) is 0 Å². The van der Waals surface area contributed by atoms with Crippen LogP contribution in [0.2, 0.25) is 0 Å². The van der Waals surface area contributed by atoms with E-state index in [1.165, 1.54) is 7.11 Å². The highest BCUT2D eigenvalue weighted by Crippen LogP contribution is 2.18. The molecule has 7 heteroatoms. The molecule has 1 saturated heterocycles. The van der Waals surface area contributed by atoms with Crippen LogP contribution in [0.25, 0.3) is 0 Å². The molecule has 7 nitrogen and oxygen atoms in total. The van der Waals surface area contributed by atoms with Gasteiger partial charge >= 0.3 is 17.9 Å². The quantitative estimate of drug-likeness (QED) is 0.706. The minimum atomic E-state index is -0.563. The van der Waals surface area contributed by atoms with Gasteiger partial charge in [-0.05, 0) is 31.6 Å². The minimum Gasteiger partial charge on any atom is -0.453 e. The van der Waals surface area contributed by atoms with Gasteiger partial charge in [-0.2, -0.15) is 0 Å². The van der Waals surface area contributed by atoms with Crippen molar-refractivity contribution in [3.63, 3.8) is 0 Å². The van der Waals surface area contributed by atoms with Gasteiger partial charge in [-0.3, -0.25) is 9.59 Å². The van der Waals surface area contributed by atoms with E-state index in [4.69, 9.17) is 0 Å². The summed E-state index contributed by atoms with van der Waals surface area (Å²) in [5.41, 5.74) is 0. The van der Waals surface area contributed by atoms with Crippen molar-refractivity contribution < 1.29 is 19.1 Å². The first-order valence-electron chi connectivity index (χ1n) is 7.01. The van der Waals surface area contributed by atoms with Crippen LogP contribution in [0.15, 0.2) is 0 Å². The highest BCUT2D eigenvalue weighted by Gasteiger charge is 2.27. The lowest BCUT2D eigenvalue weighted by atomic mass is 9.97. The molecule has 0 unspecified atom stereocenters. The summed E-state index contributed by atoms with van der Waals surface area (Å²) in [7, 11) is 1.37. The maximum Gasteiger partial charge on any atom is 0.409 e. The number of hydrogen-bond acceptors (Lipinski definition) is 4. The molecule has 1 saturated carbocycles. The van der Waals surface area contributed by atoms with E-state index in [1.54, 1.807) is 4.90 Å². The average Bonchev–Trinajstić information content (AvgIpc) is 3.28. The van der Waals surface area contributed by atoms with Crippen molar-refractivity contribution in [2.75, 3.05) is 26.7 Å². The molecular weight excluding hydrogens is 262 g/mol. The van der Waals surface area contributed by atoms with Gasteiger partial charge in [0.25, 0.3) is 0 Å². The number of nitrogens with one attached hydrogen (secondary N) is 2. The zero-order valence-corrected chi connectivity index (χ0v) is 11.7. The van der Waals surface area contributed by atoms with Crippen molar-refractivity contribution in [3.8, 4) is 0 Å². The molecule has 0 atom stereocenters. The Kier molecular flexibility index (Phi) is 4.81. The number of hydrogen-bond donors (Lipinski definition) is 2. The summed E-state index contributed by atoms with van der Waals surface area (Å²) in [5, 5.41) is 5.31. The molecule has 2 N–H and O–H groups in total. The number of piperidine rings is 1. The van der Waals surface area contributed by atoms with Crippen LogP contribution < -0.4 is 10.6 Å². The number of carbonyl (C=O) groups excluding carboxylic acids is 3. The van der Waals surface area contributed by atoms with Crippen LogP contribution in [0.4, 0.5) is 4.79 Å². The van der Waals surface area contributed by atoms with Gasteiger partial charge < -0.3 is 20.3 Å². The van der Waals surface area contributed by atoms with Crippen LogP contribution in [0, 0.1) is 5.92 Å². The lowest BCUT2D eigenvalue weighted by Crippen LogP contribution is -2.45. The molecule has 112 valence electrons. The number of methoxy groups -OCH3 is 1. The predicted octanol–water partition coefficient (Wildman–Crippen LogP) is -0.140. The van der Waals surface area contributed by atoms with Gasteiger partial charge in [0.05, 0.1) is 7.11 Å². The summed E-state index contributed by atoms with van der Waals surface area (Å²) in [4.78, 5) is 36.0. The van der Waals surface area contributed by atoms with Crippen LogP contribution in [-0.2, 0) is 14.3 Å². The Morgan fingerprint density at radius 2 is 1.75 bits per heavy atom. The first kappa shape index (κ1) is 14.6. The fourth-order valence-corrected chi connectivity index (χ4v) is 2.24. The van der Waals surface area contributed by atoms with E-state index in [0.717, 1.165) is 25.7 Å². The molecule has 0 bridgehead atoms. The van der Waals surface area contributed by atoms with Crippen molar-refractivity contribution in [1.29, 1.82) is 0 Å². The van der Waals surface area contributed by atoms with E-state index in [-0.39, 0.29) is 12.1 Å². The van der Waals surface area contributed by atoms with E-state index >= 15 is 0 Å². The molecule has 0 aromatic rings. The summed E-state index contributed by atoms with van der Waals surface area (Å²) in [6.07, 6.45) is 3.23. The van der Waals surface area contributed by atoms with Crippen molar-refractivity contribution >= 4 is 17.9 Å². The maximum atomic E-state index is 11.6. The lowest BCUT2D eigenvalue weighted by Gasteiger charge is -2.30. The molecule has 0 aromatic heterocycles. The second kappa shape index (κ2) is 6.58. The number of rotatable bonds is 3. The Labute approximate surface area is 118 Å². The third-order valence-corrected chi connectivity index (χ3v) is 3.72. The van der Waals surface area contributed by atoms with E-state index in [9.17, 15) is 14.4 Å². The SMILES string of the molecule is COC(=O)N1CCC(CNC(=O)C(=O)NC2CC2)CC1. The number of ether oxygens (including phenoxy) is 1. The second-order valence-electron chi connectivity index (χ2n) is 5.36. The smallest absolute Gasteiger partial charge is 0.409 e. The number of amides is 3. The van der Waals surface area contributed by atoms with Gasteiger partial charge in [0, 0.05) is 25.7 Å². The Bertz CT molecular complexity index is 387. The second-order valence-corrected chi connectivity index (χ2v) is 5.36. The normalized spacial score (nSPS) is 19.4. The fourth-order valence-electron chi connectivity index (χ4n) is 2.24. The monoisotopic (exact) mass is 283 g/mol. The molecule has 1 aliphatic heterocycles. The van der Waals surface area contributed by atoms with Crippen molar-refractivity contribution in [3.05, 3.63) is 0 Å². The zero-order valence-electron chi connectivity index (χ0n) is 11.7. The first-order chi connectivity index (χ1) is 9.60. The Morgan fingerprint density at radius 3 is 2.30 bits per heavy atom. The minimum absolute atomic E-state index is 0.191. The third-order valence-electron chi connectivity index (χ3n) is 3.72. The summed E-state index contributed by atoms with van der Waals surface area (Å²) < 4.78 is 4.66. The van der Waals surface area contributed by atoms with E-state index < -0.39 is 11.8 Å². The molecule has 1 heterocycles. The zero-order chi connectivity index (χ0) is 14.5. The molecule has 3 amide bonds. The van der Waals surface area contributed by atoms with Crippen LogP contribution in [0.1, 0.15) is 25.7 Å². The van der Waals surface area contributed by atoms with Gasteiger partial charge in [0.2, 0.25) is 0 Å². The summed E-state index contributed by atoms with van der Waals surface area (Å²) >= 11 is 0. The molecule has 1 aliphatic carbocycles. The Balaban J connectivity index is 1.63. The van der Waals surface area contributed by atoms with Crippen molar-refractivity contribution in [2.24, 2.45) is 5.92 Å². The Morgan fingerprint density at radius 1 is 1.10 bits per heavy atom. The molecule has 2 fully saturated rings. The van der Waals surface area contributed by atoms with Crippen LogP contribution in [0.5, 0.6) is 0 Å². The van der Waals surface area contributed by atoms with Gasteiger partial charge in [0.1, 0.15) is 0 Å². The highest BCUT2D eigenvalue weighted by atomic mass is 16.5. The largest absolute Gasteiger partial charge is 0.453 e. The highest BCUT2D eigenvalue weighted by molar-refractivity contribution is 6.35. The van der Waals surface area contributed by atoms with Gasteiger partial charge in [0.15, 0.2) is 0 Å². The molecular formula is C13H21N3O4. The number of carbonyl (C=O) groups is 3. The fraction of sp³-hybridized carbons (Fsp3) is 0.769. The third kappa shape index (κ3) is 4.11. The lowest BCUT2D eigenvalue weighted by molar-refractivity contribution is -0.139. The van der Waals surface area contributed by atoms with E-state index in [2.05, 4.69) is 15.4 Å². The Hall–Kier alpha value is -1.79. The van der Waals surface area contributed by atoms with Crippen LogP contribution in [0.3, 0.4) is 0 Å². The standard InChI is InChI=1S/C13H21N3O4/c1-20-13(19)16-6-4-9(5-7-16)8-14-11(17)12(18)15-10-2-3-10/h9-10H,2-8H2,1H3,(H,14,17)(H,15,18). The predicted molar refractivity (Wildman–Crippen MR) is 70.9 cm³/mol. The van der Waals surface area contributed by atoms with E-state index in [0.29, 0.717) is 25.6 Å². The molecule has 20 heavy (non-hydrogen) atoms. The van der Waals surface area contributed by atoms with Crippen molar-refractivity contribution in [2.45, 2.75) is 31.7 Å². The summed E-state index contributed by atoms with van der Waals surface area (Å²) in [6.45, 7) is 1.73. The summed E-state index contributed by atoms with van der Waals surface area (Å²) in [6, 6.07) is 0.191. The number of nitrogens with zero attached hydrogens (tertiary/aromatic N) is 1. The molecule has 0 radical (unpaired) electrons. The molecule has 0 aromatic carbocycles. The average molecular weight is 283 g/mol. The van der Waals surface area contributed by atoms with Crippen molar-refractivity contribution in [1.82, 2.24) is 15.5 Å². The van der Waals surface area contributed by atoms with Crippen LogP contribution in [-0.4, -0.2) is 55.6 Å².